The van der Waals surface area contributed by atoms with E-state index in [1.54, 1.807) is 0 Å². The van der Waals surface area contributed by atoms with Crippen LogP contribution < -0.4 is 0 Å². The fraction of sp³-hybridized carbons (Fsp3) is 0.625. The van der Waals surface area contributed by atoms with Crippen molar-refractivity contribution in [1.29, 1.82) is 0 Å². The molecule has 1 saturated heterocycles. The molecule has 0 aromatic carbocycles. The van der Waals surface area contributed by atoms with E-state index in [1.165, 1.54) is 14.0 Å². The number of nitrogens with zero attached hydrogens (tertiary/aromatic N) is 1. The summed E-state index contributed by atoms with van der Waals surface area (Å²) in [5, 5.41) is 7.44. The van der Waals surface area contributed by atoms with E-state index in [4.69, 9.17) is 5.11 Å². The van der Waals surface area contributed by atoms with Crippen LogP contribution in [0.5, 0.6) is 0 Å². The highest BCUT2D eigenvalue weighted by atomic mass is 32.2. The van der Waals surface area contributed by atoms with Crippen LogP contribution in [0.3, 0.4) is 0 Å². The monoisotopic (exact) mass is 217 g/mol. The summed E-state index contributed by atoms with van der Waals surface area (Å²) >= 11 is 1.02. The smallest absolute Gasteiger partial charge is 0.316 e. The van der Waals surface area contributed by atoms with Crippen LogP contribution in [0.1, 0.15) is 13.3 Å². The normalized spacial score (nSPS) is 24.1. The van der Waals surface area contributed by atoms with Gasteiger partial charge in [0.15, 0.2) is 0 Å². The standard InChI is InChI=1S/C8H11NO4S/c1-4(8(12)13)14-5-3-6(10)9(2)7(5)11/h4-5H,3H2,1-2H3,(H,12,13). The van der Waals surface area contributed by atoms with Gasteiger partial charge in [0, 0.05) is 13.5 Å². The first kappa shape index (κ1) is 11.0. The lowest BCUT2D eigenvalue weighted by Gasteiger charge is -2.10. The average molecular weight is 217 g/mol. The van der Waals surface area contributed by atoms with Gasteiger partial charge in [0.05, 0.1) is 5.25 Å². The number of hydrogen-bond donors (Lipinski definition) is 1. The molecule has 0 spiro atoms. The summed E-state index contributed by atoms with van der Waals surface area (Å²) in [6.07, 6.45) is 0.109. The Balaban J connectivity index is 2.60. The molecule has 5 nitrogen and oxygen atoms in total. The summed E-state index contributed by atoms with van der Waals surface area (Å²) in [5.41, 5.74) is 0. The lowest BCUT2D eigenvalue weighted by Crippen LogP contribution is -2.28. The fourth-order valence-corrected chi connectivity index (χ4v) is 2.26. The van der Waals surface area contributed by atoms with Crippen molar-refractivity contribution >= 4 is 29.5 Å². The predicted molar refractivity (Wildman–Crippen MR) is 50.9 cm³/mol. The van der Waals surface area contributed by atoms with Gasteiger partial charge in [-0.2, -0.15) is 0 Å². The Bertz CT molecular complexity index is 291. The second kappa shape index (κ2) is 4.00. The van der Waals surface area contributed by atoms with Gasteiger partial charge in [0.2, 0.25) is 11.8 Å². The average Bonchev–Trinajstić information content (AvgIpc) is 2.33. The van der Waals surface area contributed by atoms with E-state index in [1.807, 2.05) is 0 Å². The van der Waals surface area contributed by atoms with E-state index in [9.17, 15) is 14.4 Å². The van der Waals surface area contributed by atoms with Gasteiger partial charge in [-0.1, -0.05) is 0 Å². The zero-order valence-electron chi connectivity index (χ0n) is 7.89. The first-order valence-corrected chi connectivity index (χ1v) is 5.06. The third-order valence-electron chi connectivity index (χ3n) is 2.06. The minimum Gasteiger partial charge on any atom is -0.480 e. The van der Waals surface area contributed by atoms with Crippen LogP contribution in [-0.4, -0.2) is 45.3 Å². The maximum absolute atomic E-state index is 11.4. The molecule has 0 aromatic heterocycles. The Kier molecular flexibility index (Phi) is 3.15. The van der Waals surface area contributed by atoms with Crippen LogP contribution in [-0.2, 0) is 14.4 Å². The van der Waals surface area contributed by atoms with Crippen LogP contribution in [0.2, 0.25) is 0 Å². The summed E-state index contributed by atoms with van der Waals surface area (Å²) in [6, 6.07) is 0. The van der Waals surface area contributed by atoms with Gasteiger partial charge in [0.25, 0.3) is 0 Å². The zero-order valence-corrected chi connectivity index (χ0v) is 8.71. The number of carboxylic acid groups (broad SMARTS) is 1. The number of likely N-dealkylation sites (tertiary alicyclic amines) is 1. The van der Waals surface area contributed by atoms with Crippen LogP contribution >= 0.6 is 11.8 Å². The molecule has 2 unspecified atom stereocenters. The molecule has 2 amide bonds. The summed E-state index contributed by atoms with van der Waals surface area (Å²) < 4.78 is 0. The van der Waals surface area contributed by atoms with Gasteiger partial charge in [0.1, 0.15) is 5.25 Å². The van der Waals surface area contributed by atoms with E-state index in [0.29, 0.717) is 0 Å². The van der Waals surface area contributed by atoms with Crippen molar-refractivity contribution in [2.45, 2.75) is 23.8 Å². The van der Waals surface area contributed by atoms with Gasteiger partial charge in [-0.25, -0.2) is 0 Å². The number of carbonyl (C=O) groups excluding carboxylic acids is 2. The lowest BCUT2D eigenvalue weighted by molar-refractivity contribution is -0.137. The largest absolute Gasteiger partial charge is 0.480 e. The molecule has 0 saturated carbocycles. The zero-order chi connectivity index (χ0) is 10.9. The van der Waals surface area contributed by atoms with E-state index >= 15 is 0 Å². The summed E-state index contributed by atoms with van der Waals surface area (Å²) in [5.74, 6) is -1.51. The number of amides is 2. The second-order valence-corrected chi connectivity index (χ2v) is 4.65. The highest BCUT2D eigenvalue weighted by molar-refractivity contribution is 8.01. The van der Waals surface area contributed by atoms with E-state index in [2.05, 4.69) is 0 Å². The maximum Gasteiger partial charge on any atom is 0.316 e. The Hall–Kier alpha value is -1.04. The molecule has 1 fully saturated rings. The first-order valence-electron chi connectivity index (χ1n) is 4.12. The topological polar surface area (TPSA) is 74.7 Å². The minimum absolute atomic E-state index is 0.109. The number of carboxylic acids is 1. The molecule has 1 aliphatic heterocycles. The van der Waals surface area contributed by atoms with Crippen LogP contribution in [0.4, 0.5) is 0 Å². The number of aliphatic carboxylic acids is 1. The molecule has 1 aliphatic rings. The van der Waals surface area contributed by atoms with Crippen molar-refractivity contribution in [2.75, 3.05) is 7.05 Å². The number of hydrogen-bond acceptors (Lipinski definition) is 4. The van der Waals surface area contributed by atoms with Crippen LogP contribution in [0, 0.1) is 0 Å². The van der Waals surface area contributed by atoms with E-state index in [-0.39, 0.29) is 18.2 Å². The number of rotatable bonds is 3. The third kappa shape index (κ3) is 2.06. The SMILES string of the molecule is CC(SC1CC(=O)N(C)C1=O)C(=O)O. The molecule has 1 heterocycles. The second-order valence-electron chi connectivity index (χ2n) is 3.10. The molecule has 78 valence electrons. The van der Waals surface area contributed by atoms with Gasteiger partial charge in [-0.3, -0.25) is 19.3 Å². The maximum atomic E-state index is 11.4. The van der Waals surface area contributed by atoms with Crippen LogP contribution in [0.15, 0.2) is 0 Å². The predicted octanol–water partition coefficient (Wildman–Crippen LogP) is -0.0500. The highest BCUT2D eigenvalue weighted by Crippen LogP contribution is 2.27. The molecule has 0 aliphatic carbocycles. The number of carbonyl (C=O) groups is 3. The summed E-state index contributed by atoms with van der Waals surface area (Å²) in [6.45, 7) is 1.50. The minimum atomic E-state index is -0.968. The van der Waals surface area contributed by atoms with E-state index < -0.39 is 16.5 Å². The summed E-state index contributed by atoms with van der Waals surface area (Å²) in [4.78, 5) is 34.0. The lowest BCUT2D eigenvalue weighted by atomic mass is 10.3. The van der Waals surface area contributed by atoms with Gasteiger partial charge in [-0.05, 0) is 6.92 Å². The molecule has 6 heteroatoms. The Labute approximate surface area is 85.4 Å². The molecule has 0 radical (unpaired) electrons. The Morgan fingerprint density at radius 2 is 2.21 bits per heavy atom. The molecule has 0 aromatic rings. The molecular weight excluding hydrogens is 206 g/mol. The number of thioether (sulfide) groups is 1. The Morgan fingerprint density at radius 3 is 2.57 bits per heavy atom. The quantitative estimate of drug-likeness (QED) is 0.671. The van der Waals surface area contributed by atoms with Crippen molar-refractivity contribution in [3.05, 3.63) is 0 Å². The van der Waals surface area contributed by atoms with Crippen molar-refractivity contribution in [3.8, 4) is 0 Å². The first-order chi connectivity index (χ1) is 6.43. The molecular formula is C8H11NO4S. The molecule has 0 bridgehead atoms. The van der Waals surface area contributed by atoms with Crippen molar-refractivity contribution in [3.63, 3.8) is 0 Å². The van der Waals surface area contributed by atoms with Crippen molar-refractivity contribution < 1.29 is 19.5 Å². The fourth-order valence-electron chi connectivity index (χ4n) is 1.13. The molecule has 2 atom stereocenters. The molecule has 1 rings (SSSR count). The molecule has 1 N–H and O–H groups in total. The number of imide groups is 1. The van der Waals surface area contributed by atoms with Gasteiger partial charge in [-0.15, -0.1) is 11.8 Å². The van der Waals surface area contributed by atoms with Crippen molar-refractivity contribution in [2.24, 2.45) is 0 Å². The van der Waals surface area contributed by atoms with Gasteiger partial charge >= 0.3 is 5.97 Å². The highest BCUT2D eigenvalue weighted by Gasteiger charge is 2.38. The van der Waals surface area contributed by atoms with Crippen LogP contribution in [0.25, 0.3) is 0 Å². The van der Waals surface area contributed by atoms with E-state index in [0.717, 1.165) is 16.7 Å². The third-order valence-corrected chi connectivity index (χ3v) is 3.36. The Morgan fingerprint density at radius 1 is 1.64 bits per heavy atom. The van der Waals surface area contributed by atoms with Gasteiger partial charge < -0.3 is 5.11 Å². The van der Waals surface area contributed by atoms with Crippen molar-refractivity contribution in [1.82, 2.24) is 4.90 Å². The molecule has 14 heavy (non-hydrogen) atoms. The summed E-state index contributed by atoms with van der Waals surface area (Å²) in [7, 11) is 1.41.